The van der Waals surface area contributed by atoms with Crippen LogP contribution in [-0.2, 0) is 16.1 Å². The smallest absolute Gasteiger partial charge is 0.311 e. The number of nitro benzene ring substituents is 1. The van der Waals surface area contributed by atoms with E-state index in [0.29, 0.717) is 24.4 Å². The standard InChI is InChI=1S/C17H22N4O5/c1-17(2,3)26-14(22)9-6-10-20-11-18-16(19-20)12-7-5-8-13(21(23)24)15(12)25-4/h5,7-8,11H,6,9-10H2,1-4H3. The number of aryl methyl sites for hydroxylation is 1. The molecular formula is C17H22N4O5. The Morgan fingerprint density at radius 1 is 1.35 bits per heavy atom. The summed E-state index contributed by atoms with van der Waals surface area (Å²) >= 11 is 0. The van der Waals surface area contributed by atoms with E-state index in [2.05, 4.69) is 10.1 Å². The van der Waals surface area contributed by atoms with E-state index in [-0.39, 0.29) is 23.8 Å². The fourth-order valence-corrected chi connectivity index (χ4v) is 2.36. The molecule has 2 rings (SSSR count). The molecular weight excluding hydrogens is 340 g/mol. The largest absolute Gasteiger partial charge is 0.490 e. The Kier molecular flexibility index (Phi) is 5.91. The second-order valence-corrected chi connectivity index (χ2v) is 6.64. The number of nitrogens with zero attached hydrogens (tertiary/aromatic N) is 4. The molecule has 9 nitrogen and oxygen atoms in total. The molecule has 0 saturated heterocycles. The maximum atomic E-state index is 11.7. The van der Waals surface area contributed by atoms with E-state index in [0.717, 1.165) is 0 Å². The molecule has 0 aliphatic heterocycles. The topological polar surface area (TPSA) is 109 Å². The lowest BCUT2D eigenvalue weighted by molar-refractivity contribution is -0.385. The monoisotopic (exact) mass is 362 g/mol. The quantitative estimate of drug-likeness (QED) is 0.423. The first-order valence-corrected chi connectivity index (χ1v) is 8.14. The van der Waals surface area contributed by atoms with Gasteiger partial charge in [0.15, 0.2) is 5.82 Å². The van der Waals surface area contributed by atoms with Crippen LogP contribution in [0.2, 0.25) is 0 Å². The highest BCUT2D eigenvalue weighted by molar-refractivity contribution is 5.71. The lowest BCUT2D eigenvalue weighted by atomic mass is 10.1. The summed E-state index contributed by atoms with van der Waals surface area (Å²) < 4.78 is 12.0. The van der Waals surface area contributed by atoms with Crippen LogP contribution >= 0.6 is 0 Å². The highest BCUT2D eigenvalue weighted by Crippen LogP contribution is 2.35. The number of carbonyl (C=O) groups excluding carboxylic acids is 1. The van der Waals surface area contributed by atoms with Crippen molar-refractivity contribution in [1.82, 2.24) is 14.8 Å². The van der Waals surface area contributed by atoms with Gasteiger partial charge in [0.1, 0.15) is 11.9 Å². The van der Waals surface area contributed by atoms with Gasteiger partial charge in [0.2, 0.25) is 5.75 Å². The summed E-state index contributed by atoms with van der Waals surface area (Å²) in [4.78, 5) is 26.5. The summed E-state index contributed by atoms with van der Waals surface area (Å²) in [7, 11) is 1.36. The third-order valence-corrected chi connectivity index (χ3v) is 3.36. The zero-order chi connectivity index (χ0) is 19.3. The number of carbonyl (C=O) groups is 1. The summed E-state index contributed by atoms with van der Waals surface area (Å²) in [6.45, 7) is 5.94. The van der Waals surface area contributed by atoms with Gasteiger partial charge < -0.3 is 9.47 Å². The first-order chi connectivity index (χ1) is 12.2. The number of methoxy groups -OCH3 is 1. The fourth-order valence-electron chi connectivity index (χ4n) is 2.36. The Morgan fingerprint density at radius 2 is 2.08 bits per heavy atom. The lowest BCUT2D eigenvalue weighted by Crippen LogP contribution is -2.23. The highest BCUT2D eigenvalue weighted by Gasteiger charge is 2.21. The summed E-state index contributed by atoms with van der Waals surface area (Å²) in [5.41, 5.74) is -0.213. The molecule has 0 saturated carbocycles. The van der Waals surface area contributed by atoms with Gasteiger partial charge in [-0.2, -0.15) is 5.10 Å². The molecule has 0 amide bonds. The van der Waals surface area contributed by atoms with Crippen LogP contribution in [0.25, 0.3) is 11.4 Å². The molecule has 2 aromatic rings. The molecule has 1 aromatic carbocycles. The predicted octanol–water partition coefficient (Wildman–Crippen LogP) is 2.98. The Bertz CT molecular complexity index is 795. The van der Waals surface area contributed by atoms with Crippen molar-refractivity contribution in [2.45, 2.75) is 45.8 Å². The molecule has 1 heterocycles. The molecule has 9 heteroatoms. The molecule has 0 spiro atoms. The first-order valence-electron chi connectivity index (χ1n) is 8.14. The van der Waals surface area contributed by atoms with Crippen LogP contribution in [-0.4, -0.2) is 38.4 Å². The van der Waals surface area contributed by atoms with E-state index in [4.69, 9.17) is 9.47 Å². The van der Waals surface area contributed by atoms with E-state index in [9.17, 15) is 14.9 Å². The number of ether oxygens (including phenoxy) is 2. The second kappa shape index (κ2) is 7.94. The normalized spacial score (nSPS) is 11.2. The van der Waals surface area contributed by atoms with Crippen LogP contribution in [0, 0.1) is 10.1 Å². The van der Waals surface area contributed by atoms with Crippen molar-refractivity contribution in [1.29, 1.82) is 0 Å². The predicted molar refractivity (Wildman–Crippen MR) is 93.7 cm³/mol. The van der Waals surface area contributed by atoms with Gasteiger partial charge in [-0.15, -0.1) is 0 Å². The van der Waals surface area contributed by atoms with Crippen LogP contribution in [0.4, 0.5) is 5.69 Å². The Hall–Kier alpha value is -2.97. The molecule has 0 radical (unpaired) electrons. The number of nitro groups is 1. The number of benzene rings is 1. The molecule has 1 aromatic heterocycles. The average molecular weight is 362 g/mol. The minimum Gasteiger partial charge on any atom is -0.490 e. The van der Waals surface area contributed by atoms with Crippen LogP contribution in [0.3, 0.4) is 0 Å². The van der Waals surface area contributed by atoms with Gasteiger partial charge >= 0.3 is 11.7 Å². The molecule has 0 atom stereocenters. The lowest BCUT2D eigenvalue weighted by Gasteiger charge is -2.19. The summed E-state index contributed by atoms with van der Waals surface area (Å²) in [6, 6.07) is 4.57. The Morgan fingerprint density at radius 3 is 2.69 bits per heavy atom. The molecule has 26 heavy (non-hydrogen) atoms. The summed E-state index contributed by atoms with van der Waals surface area (Å²) in [5, 5.41) is 15.4. The molecule has 0 N–H and O–H groups in total. The number of para-hydroxylation sites is 1. The molecule has 140 valence electrons. The number of rotatable bonds is 7. The molecule has 0 fully saturated rings. The van der Waals surface area contributed by atoms with E-state index in [1.165, 1.54) is 19.5 Å². The van der Waals surface area contributed by atoms with Gasteiger partial charge in [0, 0.05) is 19.0 Å². The third-order valence-electron chi connectivity index (χ3n) is 3.36. The van der Waals surface area contributed by atoms with Crippen LogP contribution < -0.4 is 4.74 Å². The number of hydrogen-bond acceptors (Lipinski definition) is 7. The minimum absolute atomic E-state index is 0.115. The van der Waals surface area contributed by atoms with Crippen molar-refractivity contribution < 1.29 is 19.2 Å². The van der Waals surface area contributed by atoms with Crippen molar-refractivity contribution in [3.05, 3.63) is 34.6 Å². The van der Waals surface area contributed by atoms with E-state index in [1.54, 1.807) is 16.8 Å². The van der Waals surface area contributed by atoms with Crippen LogP contribution in [0.1, 0.15) is 33.6 Å². The number of aromatic nitrogens is 3. The van der Waals surface area contributed by atoms with Gasteiger partial charge in [-0.1, -0.05) is 6.07 Å². The molecule has 0 aliphatic carbocycles. The van der Waals surface area contributed by atoms with Crippen LogP contribution in [0.5, 0.6) is 5.75 Å². The van der Waals surface area contributed by atoms with Crippen molar-refractivity contribution in [2.75, 3.05) is 7.11 Å². The van der Waals surface area contributed by atoms with Gasteiger partial charge in [0.25, 0.3) is 0 Å². The van der Waals surface area contributed by atoms with E-state index in [1.807, 2.05) is 20.8 Å². The zero-order valence-corrected chi connectivity index (χ0v) is 15.3. The number of hydrogen-bond donors (Lipinski definition) is 0. The van der Waals surface area contributed by atoms with Crippen molar-refractivity contribution >= 4 is 11.7 Å². The third kappa shape index (κ3) is 5.01. The fraction of sp³-hybridized carbons (Fsp3) is 0.471. The maximum absolute atomic E-state index is 11.7. The van der Waals surface area contributed by atoms with Crippen molar-refractivity contribution in [3.8, 4) is 17.1 Å². The minimum atomic E-state index is -0.514. The highest BCUT2D eigenvalue weighted by atomic mass is 16.6. The zero-order valence-electron chi connectivity index (χ0n) is 15.3. The van der Waals surface area contributed by atoms with E-state index < -0.39 is 10.5 Å². The second-order valence-electron chi connectivity index (χ2n) is 6.64. The Balaban J connectivity index is 2.05. The van der Waals surface area contributed by atoms with Gasteiger partial charge in [-0.25, -0.2) is 4.98 Å². The van der Waals surface area contributed by atoms with Crippen molar-refractivity contribution in [2.24, 2.45) is 0 Å². The van der Waals surface area contributed by atoms with Gasteiger partial charge in [-0.05, 0) is 33.3 Å². The average Bonchev–Trinajstić information content (AvgIpc) is 3.00. The van der Waals surface area contributed by atoms with E-state index >= 15 is 0 Å². The first kappa shape index (κ1) is 19.4. The molecule has 0 bridgehead atoms. The van der Waals surface area contributed by atoms with Gasteiger partial charge in [0.05, 0.1) is 17.6 Å². The maximum Gasteiger partial charge on any atom is 0.311 e. The summed E-state index contributed by atoms with van der Waals surface area (Å²) in [5.74, 6) is 0.171. The SMILES string of the molecule is COc1c(-c2ncn(CCCC(=O)OC(C)(C)C)n2)cccc1[N+](=O)[O-]. The molecule has 0 aliphatic rings. The molecule has 0 unspecified atom stereocenters. The number of esters is 1. The Labute approximate surface area is 151 Å². The van der Waals surface area contributed by atoms with Gasteiger partial charge in [-0.3, -0.25) is 19.6 Å². The van der Waals surface area contributed by atoms with Crippen LogP contribution in [0.15, 0.2) is 24.5 Å². The summed E-state index contributed by atoms with van der Waals surface area (Å²) in [6.07, 6.45) is 2.33. The van der Waals surface area contributed by atoms with Crippen molar-refractivity contribution in [3.63, 3.8) is 0 Å².